The van der Waals surface area contributed by atoms with E-state index in [1.54, 1.807) is 13.8 Å². The Bertz CT molecular complexity index is 830. The molecule has 1 aliphatic heterocycles. The lowest BCUT2D eigenvalue weighted by Gasteiger charge is -2.27. The molecule has 0 unspecified atom stereocenters. The van der Waals surface area contributed by atoms with Crippen molar-refractivity contribution < 1.29 is 12.9 Å². The molecule has 0 saturated heterocycles. The van der Waals surface area contributed by atoms with Crippen LogP contribution < -0.4 is 0 Å². The number of hydrogen-bond acceptors (Lipinski definition) is 5. The van der Waals surface area contributed by atoms with Crippen LogP contribution in [0.25, 0.3) is 0 Å². The van der Waals surface area contributed by atoms with E-state index in [4.69, 9.17) is 4.52 Å². The van der Waals surface area contributed by atoms with Gasteiger partial charge in [0, 0.05) is 6.54 Å². The van der Waals surface area contributed by atoms with Crippen LogP contribution in [0.5, 0.6) is 0 Å². The van der Waals surface area contributed by atoms with Gasteiger partial charge in [0.1, 0.15) is 10.6 Å². The Morgan fingerprint density at radius 1 is 1.18 bits per heavy atom. The molecule has 1 aliphatic carbocycles. The van der Waals surface area contributed by atoms with Crippen molar-refractivity contribution in [3.8, 4) is 0 Å². The molecule has 0 atom stereocenters. The van der Waals surface area contributed by atoms with Crippen molar-refractivity contribution in [1.29, 1.82) is 0 Å². The van der Waals surface area contributed by atoms with E-state index in [0.29, 0.717) is 31.1 Å². The van der Waals surface area contributed by atoms with Crippen LogP contribution in [0.2, 0.25) is 0 Å². The van der Waals surface area contributed by atoms with Crippen LogP contribution in [0.1, 0.15) is 34.8 Å². The van der Waals surface area contributed by atoms with Gasteiger partial charge in [-0.1, -0.05) is 5.16 Å². The molecular weight excluding hydrogens is 304 g/mol. The summed E-state index contributed by atoms with van der Waals surface area (Å²) in [5.41, 5.74) is 3.86. The predicted octanol–water partition coefficient (Wildman–Crippen LogP) is 1.18. The average Bonchev–Trinajstić information content (AvgIpc) is 3.13. The normalized spacial score (nSPS) is 18.5. The Hall–Kier alpha value is -1.67. The lowest BCUT2D eigenvalue weighted by atomic mass is 10.2. The number of rotatable bonds is 2. The number of aryl methyl sites for hydroxylation is 3. The Balaban J connectivity index is 1.73. The standard InChI is InChI=1S/C14H18N4O3S/c1-9-14(10(2)21-16-9)22(19,20)17-6-7-18-13(8-17)11-4-3-5-12(11)15-18/h3-8H2,1-2H3. The highest BCUT2D eigenvalue weighted by Crippen LogP contribution is 2.31. The molecule has 2 aromatic rings. The van der Waals surface area contributed by atoms with Gasteiger partial charge in [0.25, 0.3) is 0 Å². The van der Waals surface area contributed by atoms with Crippen LogP contribution in [0.15, 0.2) is 9.42 Å². The van der Waals surface area contributed by atoms with Crippen molar-refractivity contribution in [3.63, 3.8) is 0 Å². The largest absolute Gasteiger partial charge is 0.360 e. The average molecular weight is 322 g/mol. The van der Waals surface area contributed by atoms with E-state index in [1.807, 2.05) is 4.68 Å². The van der Waals surface area contributed by atoms with Gasteiger partial charge in [0.2, 0.25) is 10.0 Å². The zero-order valence-electron chi connectivity index (χ0n) is 12.7. The Morgan fingerprint density at radius 2 is 2.00 bits per heavy atom. The summed E-state index contributed by atoms with van der Waals surface area (Å²) in [4.78, 5) is 0.206. The highest BCUT2D eigenvalue weighted by Gasteiger charge is 2.35. The maximum atomic E-state index is 12.9. The third-order valence-corrected chi connectivity index (χ3v) is 6.63. The topological polar surface area (TPSA) is 81.2 Å². The van der Waals surface area contributed by atoms with Crippen LogP contribution in [-0.4, -0.2) is 34.2 Å². The van der Waals surface area contributed by atoms with Crippen LogP contribution in [0.3, 0.4) is 0 Å². The lowest BCUT2D eigenvalue weighted by molar-refractivity contribution is 0.323. The van der Waals surface area contributed by atoms with Gasteiger partial charge in [-0.25, -0.2) is 8.42 Å². The lowest BCUT2D eigenvalue weighted by Crippen LogP contribution is -2.39. The van der Waals surface area contributed by atoms with Gasteiger partial charge in [-0.15, -0.1) is 0 Å². The molecule has 0 spiro atoms. The minimum Gasteiger partial charge on any atom is -0.360 e. The van der Waals surface area contributed by atoms with Crippen LogP contribution in [0.4, 0.5) is 0 Å². The predicted molar refractivity (Wildman–Crippen MR) is 77.8 cm³/mol. The van der Waals surface area contributed by atoms with Crippen molar-refractivity contribution >= 4 is 10.0 Å². The second-order valence-corrected chi connectivity index (χ2v) is 7.82. The summed E-state index contributed by atoms with van der Waals surface area (Å²) < 4.78 is 34.4. The highest BCUT2D eigenvalue weighted by molar-refractivity contribution is 7.89. The van der Waals surface area contributed by atoms with Crippen molar-refractivity contribution in [2.75, 3.05) is 6.54 Å². The molecule has 0 radical (unpaired) electrons. The van der Waals surface area contributed by atoms with E-state index in [9.17, 15) is 8.42 Å². The van der Waals surface area contributed by atoms with E-state index in [-0.39, 0.29) is 4.90 Å². The fourth-order valence-corrected chi connectivity index (χ4v) is 5.19. The molecule has 118 valence electrons. The van der Waals surface area contributed by atoms with Crippen LogP contribution in [-0.2, 0) is 36.0 Å². The fourth-order valence-electron chi connectivity index (χ4n) is 3.50. The molecule has 7 nitrogen and oxygen atoms in total. The summed E-state index contributed by atoms with van der Waals surface area (Å²) in [6.07, 6.45) is 3.12. The third kappa shape index (κ3) is 1.87. The summed E-state index contributed by atoms with van der Waals surface area (Å²) in [5.74, 6) is 0.349. The molecule has 0 amide bonds. The van der Waals surface area contributed by atoms with Crippen molar-refractivity contribution in [2.24, 2.45) is 0 Å². The molecule has 0 N–H and O–H groups in total. The first kappa shape index (κ1) is 14.0. The summed E-state index contributed by atoms with van der Waals surface area (Å²) in [7, 11) is -3.58. The van der Waals surface area contributed by atoms with Crippen molar-refractivity contribution in [1.82, 2.24) is 19.2 Å². The van der Waals surface area contributed by atoms with Gasteiger partial charge in [-0.05, 0) is 38.7 Å². The number of hydrogen-bond donors (Lipinski definition) is 0. The summed E-state index contributed by atoms with van der Waals surface area (Å²) in [6, 6.07) is 0. The molecule has 0 bridgehead atoms. The van der Waals surface area contributed by atoms with E-state index >= 15 is 0 Å². The zero-order chi connectivity index (χ0) is 15.5. The Kier molecular flexibility index (Phi) is 2.96. The quantitative estimate of drug-likeness (QED) is 0.829. The molecule has 2 aliphatic rings. The number of nitrogens with zero attached hydrogens (tertiary/aromatic N) is 4. The van der Waals surface area contributed by atoms with Gasteiger partial charge in [-0.3, -0.25) is 4.68 Å². The molecule has 4 rings (SSSR count). The summed E-state index contributed by atoms with van der Waals surface area (Å²) >= 11 is 0. The van der Waals surface area contributed by atoms with Gasteiger partial charge in [-0.2, -0.15) is 9.40 Å². The fraction of sp³-hybridized carbons (Fsp3) is 0.571. The molecule has 0 aromatic carbocycles. The van der Waals surface area contributed by atoms with E-state index in [2.05, 4.69) is 10.3 Å². The Labute approximate surface area is 128 Å². The molecular formula is C14H18N4O3S. The first-order valence-corrected chi connectivity index (χ1v) is 8.93. The Morgan fingerprint density at radius 3 is 2.73 bits per heavy atom. The number of sulfonamides is 1. The zero-order valence-corrected chi connectivity index (χ0v) is 13.5. The smallest absolute Gasteiger partial charge is 0.248 e. The van der Waals surface area contributed by atoms with Gasteiger partial charge in [0.15, 0.2) is 5.76 Å². The van der Waals surface area contributed by atoms with E-state index in [1.165, 1.54) is 9.87 Å². The molecule has 3 heterocycles. The molecule has 22 heavy (non-hydrogen) atoms. The van der Waals surface area contributed by atoms with Gasteiger partial charge >= 0.3 is 0 Å². The molecule has 8 heteroatoms. The third-order valence-electron chi connectivity index (χ3n) is 4.54. The minimum atomic E-state index is -3.58. The molecule has 2 aromatic heterocycles. The minimum absolute atomic E-state index is 0.206. The highest BCUT2D eigenvalue weighted by atomic mass is 32.2. The van der Waals surface area contributed by atoms with E-state index < -0.39 is 10.0 Å². The van der Waals surface area contributed by atoms with Crippen molar-refractivity contribution in [3.05, 3.63) is 28.4 Å². The maximum absolute atomic E-state index is 12.9. The number of fused-ring (bicyclic) bond motifs is 3. The van der Waals surface area contributed by atoms with Gasteiger partial charge < -0.3 is 4.52 Å². The molecule has 0 fully saturated rings. The second kappa shape index (κ2) is 4.66. The number of aromatic nitrogens is 3. The van der Waals surface area contributed by atoms with Gasteiger partial charge in [0.05, 0.1) is 24.5 Å². The van der Waals surface area contributed by atoms with Crippen LogP contribution in [0, 0.1) is 13.8 Å². The first-order chi connectivity index (χ1) is 10.5. The SMILES string of the molecule is Cc1noc(C)c1S(=O)(=O)N1CCn2nc3c(c2C1)CCC3. The first-order valence-electron chi connectivity index (χ1n) is 7.49. The monoisotopic (exact) mass is 322 g/mol. The molecule has 0 saturated carbocycles. The maximum Gasteiger partial charge on any atom is 0.248 e. The second-order valence-electron chi connectivity index (χ2n) is 5.94. The van der Waals surface area contributed by atoms with E-state index in [0.717, 1.165) is 30.7 Å². The van der Waals surface area contributed by atoms with Crippen LogP contribution >= 0.6 is 0 Å². The van der Waals surface area contributed by atoms with Crippen molar-refractivity contribution in [2.45, 2.75) is 51.1 Å². The summed E-state index contributed by atoms with van der Waals surface area (Å²) in [5, 5.41) is 8.38. The summed E-state index contributed by atoms with van der Waals surface area (Å²) in [6.45, 7) is 4.72.